The quantitative estimate of drug-likeness (QED) is 0.764. The third-order valence-corrected chi connectivity index (χ3v) is 6.91. The van der Waals surface area contributed by atoms with Crippen LogP contribution in [0, 0.1) is 5.92 Å². The van der Waals surface area contributed by atoms with Gasteiger partial charge in [0.15, 0.2) is 5.13 Å². The Morgan fingerprint density at radius 2 is 2.15 bits per heavy atom. The van der Waals surface area contributed by atoms with E-state index >= 15 is 0 Å². The minimum atomic E-state index is -4.72. The van der Waals surface area contributed by atoms with Gasteiger partial charge in [-0.2, -0.15) is 13.2 Å². The predicted octanol–water partition coefficient (Wildman–Crippen LogP) is 4.01. The number of hydrogen-bond donors (Lipinski definition) is 1. The summed E-state index contributed by atoms with van der Waals surface area (Å²) in [6, 6.07) is 2.58. The highest BCUT2D eigenvalue weighted by molar-refractivity contribution is 7.89. The monoisotopic (exact) mass is 439 g/mol. The van der Waals surface area contributed by atoms with Crippen LogP contribution in [0.2, 0.25) is 5.02 Å². The first-order chi connectivity index (χ1) is 12.7. The number of benzene rings is 1. The van der Waals surface area contributed by atoms with Gasteiger partial charge in [-0.25, -0.2) is 18.1 Å². The van der Waals surface area contributed by atoms with E-state index in [1.165, 1.54) is 11.3 Å². The summed E-state index contributed by atoms with van der Waals surface area (Å²) < 4.78 is 66.2. The Morgan fingerprint density at radius 1 is 1.37 bits per heavy atom. The lowest BCUT2D eigenvalue weighted by molar-refractivity contribution is -0.137. The van der Waals surface area contributed by atoms with E-state index in [0.717, 1.165) is 36.7 Å². The van der Waals surface area contributed by atoms with Gasteiger partial charge in [0, 0.05) is 31.2 Å². The molecule has 1 aromatic heterocycles. The van der Waals surface area contributed by atoms with E-state index in [-0.39, 0.29) is 12.5 Å². The van der Waals surface area contributed by atoms with Crippen molar-refractivity contribution in [2.75, 3.05) is 24.5 Å². The molecular weight excluding hydrogens is 423 g/mol. The van der Waals surface area contributed by atoms with Crippen LogP contribution in [0.1, 0.15) is 18.4 Å². The Balaban J connectivity index is 1.68. The molecule has 27 heavy (non-hydrogen) atoms. The van der Waals surface area contributed by atoms with Crippen molar-refractivity contribution < 1.29 is 21.6 Å². The summed E-state index contributed by atoms with van der Waals surface area (Å²) in [7, 11) is -4.07. The molecule has 0 saturated carbocycles. The molecule has 5 nitrogen and oxygen atoms in total. The van der Waals surface area contributed by atoms with Crippen molar-refractivity contribution in [1.29, 1.82) is 0 Å². The Bertz CT molecular complexity index is 889. The molecule has 3 rings (SSSR count). The zero-order valence-electron chi connectivity index (χ0n) is 14.0. The van der Waals surface area contributed by atoms with E-state index in [0.29, 0.717) is 12.6 Å². The maximum Gasteiger partial charge on any atom is 0.417 e. The number of nitrogens with zero attached hydrogens (tertiary/aromatic N) is 2. The van der Waals surface area contributed by atoms with Crippen LogP contribution in [0.5, 0.6) is 0 Å². The second-order valence-corrected chi connectivity index (χ2v) is 9.31. The summed E-state index contributed by atoms with van der Waals surface area (Å²) in [6.45, 7) is 1.64. The van der Waals surface area contributed by atoms with Crippen LogP contribution in [-0.4, -0.2) is 33.0 Å². The number of anilines is 1. The van der Waals surface area contributed by atoms with Crippen LogP contribution in [0.4, 0.5) is 18.3 Å². The topological polar surface area (TPSA) is 62.3 Å². The zero-order chi connectivity index (χ0) is 19.7. The van der Waals surface area contributed by atoms with Crippen molar-refractivity contribution >= 4 is 38.1 Å². The van der Waals surface area contributed by atoms with Crippen LogP contribution in [0.15, 0.2) is 34.7 Å². The van der Waals surface area contributed by atoms with Gasteiger partial charge in [-0.1, -0.05) is 11.6 Å². The maximum atomic E-state index is 13.0. The Morgan fingerprint density at radius 3 is 2.81 bits per heavy atom. The Labute approximate surface area is 164 Å². The molecule has 0 amide bonds. The average Bonchev–Trinajstić information content (AvgIpc) is 3.14. The number of nitrogens with one attached hydrogen (secondary N) is 1. The van der Waals surface area contributed by atoms with Gasteiger partial charge in [-0.3, -0.25) is 0 Å². The van der Waals surface area contributed by atoms with Gasteiger partial charge < -0.3 is 4.90 Å². The number of sulfonamides is 1. The van der Waals surface area contributed by atoms with E-state index in [1.54, 1.807) is 6.20 Å². The lowest BCUT2D eigenvalue weighted by Crippen LogP contribution is -2.41. The number of aromatic nitrogens is 1. The van der Waals surface area contributed by atoms with Gasteiger partial charge in [0.05, 0.1) is 15.5 Å². The molecule has 0 bridgehead atoms. The molecule has 148 valence electrons. The minimum Gasteiger partial charge on any atom is -0.348 e. The molecule has 1 saturated heterocycles. The van der Waals surface area contributed by atoms with Crippen molar-refractivity contribution in [3.63, 3.8) is 0 Å². The summed E-state index contributed by atoms with van der Waals surface area (Å²) in [5.74, 6) is 0.0480. The maximum absolute atomic E-state index is 13.0. The fourth-order valence-electron chi connectivity index (χ4n) is 2.98. The molecule has 1 fully saturated rings. The van der Waals surface area contributed by atoms with Gasteiger partial charge in [-0.15, -0.1) is 11.3 Å². The van der Waals surface area contributed by atoms with Crippen LogP contribution < -0.4 is 9.62 Å². The van der Waals surface area contributed by atoms with Gasteiger partial charge in [0.25, 0.3) is 0 Å². The standard InChI is InChI=1S/C16H17ClF3N3O2S2/c17-14-4-3-12(8-13(14)16(18,19)20)27(24,25)22-9-11-2-1-6-23(10-11)15-21-5-7-26-15/h3-5,7-8,11,22H,1-2,6,9-10H2. The van der Waals surface area contributed by atoms with Crippen LogP contribution in [0.25, 0.3) is 0 Å². The van der Waals surface area contributed by atoms with Crippen molar-refractivity contribution in [3.05, 3.63) is 40.4 Å². The molecule has 1 aromatic carbocycles. The highest BCUT2D eigenvalue weighted by atomic mass is 35.5. The number of halogens is 4. The number of hydrogen-bond acceptors (Lipinski definition) is 5. The first-order valence-corrected chi connectivity index (χ1v) is 10.9. The van der Waals surface area contributed by atoms with Crippen LogP contribution >= 0.6 is 22.9 Å². The number of piperidine rings is 1. The SMILES string of the molecule is O=S(=O)(NCC1CCCN(c2nccs2)C1)c1ccc(Cl)c(C(F)(F)F)c1. The van der Waals surface area contributed by atoms with Crippen LogP contribution in [0.3, 0.4) is 0 Å². The van der Waals surface area contributed by atoms with Crippen molar-refractivity contribution in [1.82, 2.24) is 9.71 Å². The van der Waals surface area contributed by atoms with E-state index < -0.39 is 31.7 Å². The highest BCUT2D eigenvalue weighted by Gasteiger charge is 2.34. The van der Waals surface area contributed by atoms with E-state index in [1.807, 2.05) is 5.38 Å². The van der Waals surface area contributed by atoms with Gasteiger partial charge >= 0.3 is 6.18 Å². The molecule has 1 atom stereocenters. The molecule has 1 aliphatic heterocycles. The second kappa shape index (κ2) is 7.94. The zero-order valence-corrected chi connectivity index (χ0v) is 16.4. The third kappa shape index (κ3) is 4.92. The summed E-state index contributed by atoms with van der Waals surface area (Å²) in [5, 5.41) is 2.23. The lowest BCUT2D eigenvalue weighted by atomic mass is 9.99. The van der Waals surface area contributed by atoms with E-state index in [2.05, 4.69) is 14.6 Å². The van der Waals surface area contributed by atoms with Crippen molar-refractivity contribution in [2.45, 2.75) is 23.9 Å². The molecule has 1 unspecified atom stereocenters. The fourth-order valence-corrected chi connectivity index (χ4v) is 5.02. The molecule has 1 N–H and O–H groups in total. The lowest BCUT2D eigenvalue weighted by Gasteiger charge is -2.32. The normalized spacial score (nSPS) is 18.7. The fraction of sp³-hybridized carbons (Fsp3) is 0.438. The molecule has 0 spiro atoms. The Hall–Kier alpha value is -1.36. The molecule has 1 aliphatic rings. The first-order valence-electron chi connectivity index (χ1n) is 8.17. The molecule has 0 aliphatic carbocycles. The van der Waals surface area contributed by atoms with E-state index in [4.69, 9.17) is 11.6 Å². The smallest absolute Gasteiger partial charge is 0.348 e. The van der Waals surface area contributed by atoms with Crippen molar-refractivity contribution in [3.8, 4) is 0 Å². The third-order valence-electron chi connectivity index (χ3n) is 4.32. The first kappa shape index (κ1) is 20.4. The summed E-state index contributed by atoms with van der Waals surface area (Å²) in [4.78, 5) is 5.90. The molecular formula is C16H17ClF3N3O2S2. The molecule has 2 aromatic rings. The largest absolute Gasteiger partial charge is 0.417 e. The minimum absolute atomic E-state index is 0.0480. The van der Waals surface area contributed by atoms with E-state index in [9.17, 15) is 21.6 Å². The summed E-state index contributed by atoms with van der Waals surface area (Å²) in [5.41, 5.74) is -1.17. The van der Waals surface area contributed by atoms with Gasteiger partial charge in [0.1, 0.15) is 0 Å². The second-order valence-electron chi connectivity index (χ2n) is 6.26. The summed E-state index contributed by atoms with van der Waals surface area (Å²) in [6.07, 6.45) is -1.28. The molecule has 11 heteroatoms. The van der Waals surface area contributed by atoms with Crippen molar-refractivity contribution in [2.24, 2.45) is 5.92 Å². The molecule has 2 heterocycles. The highest BCUT2D eigenvalue weighted by Crippen LogP contribution is 2.36. The van der Waals surface area contributed by atoms with Gasteiger partial charge in [-0.05, 0) is 37.0 Å². The number of thiazole rings is 1. The predicted molar refractivity (Wildman–Crippen MR) is 98.7 cm³/mol. The van der Waals surface area contributed by atoms with Crippen LogP contribution in [-0.2, 0) is 16.2 Å². The molecule has 0 radical (unpaired) electrons. The Kier molecular flexibility index (Phi) is 5.99. The number of rotatable bonds is 5. The summed E-state index contributed by atoms with van der Waals surface area (Å²) >= 11 is 7.06. The van der Waals surface area contributed by atoms with Gasteiger partial charge in [0.2, 0.25) is 10.0 Å². The average molecular weight is 440 g/mol. The number of alkyl halides is 3.